The van der Waals surface area contributed by atoms with Crippen LogP contribution in [-0.2, 0) is 0 Å². The van der Waals surface area contributed by atoms with Gasteiger partial charge >= 0.3 is 0 Å². The number of benzene rings is 9. The number of hydrogen-bond acceptors (Lipinski definition) is 2. The molecule has 9 aromatic carbocycles. The van der Waals surface area contributed by atoms with Gasteiger partial charge in [0.15, 0.2) is 5.58 Å². The molecule has 0 aliphatic rings. The number of hydrogen-bond donors (Lipinski definition) is 0. The van der Waals surface area contributed by atoms with Gasteiger partial charge in [-0.1, -0.05) is 140 Å². The Labute approximate surface area is 290 Å². The summed E-state index contributed by atoms with van der Waals surface area (Å²) in [6.07, 6.45) is 0. The van der Waals surface area contributed by atoms with Gasteiger partial charge in [0.2, 0.25) is 0 Å². The Bertz CT molecular complexity index is 2850. The second kappa shape index (κ2) is 11.5. The van der Waals surface area contributed by atoms with E-state index in [1.807, 2.05) is 0 Å². The molecule has 0 atom stereocenters. The van der Waals surface area contributed by atoms with Gasteiger partial charge in [-0.25, -0.2) is 0 Å². The summed E-state index contributed by atoms with van der Waals surface area (Å²) in [5.41, 5.74) is 9.74. The molecule has 0 radical (unpaired) electrons. The zero-order valence-corrected chi connectivity index (χ0v) is 27.3. The van der Waals surface area contributed by atoms with Crippen LogP contribution in [0.15, 0.2) is 192 Å². The van der Waals surface area contributed by atoms with Gasteiger partial charge in [-0.05, 0) is 103 Å². The van der Waals surface area contributed by atoms with Crippen molar-refractivity contribution in [1.29, 1.82) is 0 Å². The first-order chi connectivity index (χ1) is 24.8. The lowest BCUT2D eigenvalue weighted by atomic mass is 9.93. The van der Waals surface area contributed by atoms with Gasteiger partial charge in [0.25, 0.3) is 0 Å². The highest BCUT2D eigenvalue weighted by Crippen LogP contribution is 2.44. The number of nitrogens with zero attached hydrogens (tertiary/aromatic N) is 1. The molecular weight excluding hydrogens is 607 g/mol. The van der Waals surface area contributed by atoms with Gasteiger partial charge in [-0.15, -0.1) is 0 Å². The molecule has 0 N–H and O–H groups in total. The van der Waals surface area contributed by atoms with Gasteiger partial charge in [-0.2, -0.15) is 0 Å². The lowest BCUT2D eigenvalue weighted by Crippen LogP contribution is -2.10. The van der Waals surface area contributed by atoms with Crippen LogP contribution in [0.5, 0.6) is 0 Å². The van der Waals surface area contributed by atoms with Crippen molar-refractivity contribution in [3.63, 3.8) is 0 Å². The number of furan rings is 1. The summed E-state index contributed by atoms with van der Waals surface area (Å²) >= 11 is 0. The normalized spacial score (nSPS) is 11.6. The average molecular weight is 638 g/mol. The van der Waals surface area contributed by atoms with Crippen LogP contribution in [0.25, 0.3) is 76.5 Å². The van der Waals surface area contributed by atoms with E-state index in [1.165, 1.54) is 54.6 Å². The quantitative estimate of drug-likeness (QED) is 0.175. The van der Waals surface area contributed by atoms with Crippen molar-refractivity contribution in [2.75, 3.05) is 4.90 Å². The molecule has 1 heterocycles. The minimum Gasteiger partial charge on any atom is -0.454 e. The highest BCUT2D eigenvalue weighted by atomic mass is 16.3. The van der Waals surface area contributed by atoms with Gasteiger partial charge < -0.3 is 9.32 Å². The Morgan fingerprint density at radius 1 is 0.360 bits per heavy atom. The maximum Gasteiger partial charge on any atom is 0.159 e. The van der Waals surface area contributed by atoms with Crippen LogP contribution in [0, 0.1) is 0 Å². The molecule has 0 aliphatic heterocycles. The topological polar surface area (TPSA) is 16.4 Å². The van der Waals surface area contributed by atoms with Crippen LogP contribution < -0.4 is 4.90 Å². The fraction of sp³-hybridized carbons (Fsp3) is 0. The molecule has 0 aliphatic carbocycles. The number of anilines is 3. The maximum atomic E-state index is 6.77. The summed E-state index contributed by atoms with van der Waals surface area (Å²) in [4.78, 5) is 2.31. The van der Waals surface area contributed by atoms with Crippen molar-refractivity contribution < 1.29 is 4.42 Å². The van der Waals surface area contributed by atoms with Crippen molar-refractivity contribution in [1.82, 2.24) is 0 Å². The molecule has 2 nitrogen and oxygen atoms in total. The predicted molar refractivity (Wildman–Crippen MR) is 212 cm³/mol. The van der Waals surface area contributed by atoms with Crippen molar-refractivity contribution in [3.05, 3.63) is 188 Å². The third-order valence-corrected chi connectivity index (χ3v) is 10.0. The molecule has 10 rings (SSSR count). The second-order valence-corrected chi connectivity index (χ2v) is 12.9. The van der Waals surface area contributed by atoms with Crippen LogP contribution in [0.3, 0.4) is 0 Å². The number of para-hydroxylation sites is 2. The third kappa shape index (κ3) is 4.57. The Balaban J connectivity index is 1.13. The summed E-state index contributed by atoms with van der Waals surface area (Å²) < 4.78 is 6.77. The monoisotopic (exact) mass is 637 g/mol. The fourth-order valence-corrected chi connectivity index (χ4v) is 7.69. The molecule has 1 aromatic heterocycles. The molecule has 234 valence electrons. The summed E-state index contributed by atoms with van der Waals surface area (Å²) in [7, 11) is 0. The second-order valence-electron chi connectivity index (χ2n) is 12.9. The van der Waals surface area contributed by atoms with E-state index in [2.05, 4.69) is 193 Å². The first-order valence-electron chi connectivity index (χ1n) is 17.1. The molecular formula is C48H31NO. The van der Waals surface area contributed by atoms with Crippen LogP contribution in [-0.4, -0.2) is 0 Å². The van der Waals surface area contributed by atoms with Crippen LogP contribution in [0.4, 0.5) is 17.1 Å². The highest BCUT2D eigenvalue weighted by Gasteiger charge is 2.20. The minimum atomic E-state index is 0.871. The van der Waals surface area contributed by atoms with E-state index in [0.717, 1.165) is 39.0 Å². The minimum absolute atomic E-state index is 0.871. The van der Waals surface area contributed by atoms with Crippen molar-refractivity contribution in [2.45, 2.75) is 0 Å². The van der Waals surface area contributed by atoms with Crippen molar-refractivity contribution in [3.8, 4) is 22.3 Å². The molecule has 10 aromatic rings. The zero-order chi connectivity index (χ0) is 33.0. The van der Waals surface area contributed by atoms with Crippen LogP contribution in [0.1, 0.15) is 0 Å². The smallest absolute Gasteiger partial charge is 0.159 e. The summed E-state index contributed by atoms with van der Waals surface area (Å²) in [5, 5.41) is 9.70. The summed E-state index contributed by atoms with van der Waals surface area (Å²) in [6, 6.07) is 67.3. The van der Waals surface area contributed by atoms with E-state index in [4.69, 9.17) is 4.42 Å². The predicted octanol–water partition coefficient (Wildman–Crippen LogP) is 13.8. The Hall–Kier alpha value is -6.64. The number of rotatable bonds is 5. The Morgan fingerprint density at radius 2 is 1.00 bits per heavy atom. The molecule has 0 saturated carbocycles. The molecule has 0 saturated heterocycles. The molecule has 0 spiro atoms. The van der Waals surface area contributed by atoms with Crippen LogP contribution >= 0.6 is 0 Å². The molecule has 0 fully saturated rings. The number of fused-ring (bicyclic) bond motifs is 8. The molecule has 0 unspecified atom stereocenters. The third-order valence-electron chi connectivity index (χ3n) is 10.0. The maximum absolute atomic E-state index is 6.77. The van der Waals surface area contributed by atoms with Gasteiger partial charge in [0, 0.05) is 22.1 Å². The van der Waals surface area contributed by atoms with Gasteiger partial charge in [-0.3, -0.25) is 0 Å². The van der Waals surface area contributed by atoms with E-state index in [-0.39, 0.29) is 0 Å². The summed E-state index contributed by atoms with van der Waals surface area (Å²) in [5.74, 6) is 0. The fourth-order valence-electron chi connectivity index (χ4n) is 7.69. The van der Waals surface area contributed by atoms with E-state index in [9.17, 15) is 0 Å². The average Bonchev–Trinajstić information content (AvgIpc) is 3.59. The van der Waals surface area contributed by atoms with E-state index in [0.29, 0.717) is 0 Å². The van der Waals surface area contributed by atoms with E-state index in [1.54, 1.807) is 0 Å². The summed E-state index contributed by atoms with van der Waals surface area (Å²) in [6.45, 7) is 0. The molecule has 2 heteroatoms. The lowest BCUT2D eigenvalue weighted by molar-refractivity contribution is 0.669. The SMILES string of the molecule is c1ccc(-c2ccc3c(ccc4oc5c(N(c6ccccc6)c6ccc(-c7cc8ccccc8c8ccccc78)cc6)cccc5c43)c2)cc1. The lowest BCUT2D eigenvalue weighted by Gasteiger charge is -2.25. The Morgan fingerprint density at radius 3 is 1.82 bits per heavy atom. The molecule has 0 amide bonds. The van der Waals surface area contributed by atoms with E-state index < -0.39 is 0 Å². The first-order valence-corrected chi connectivity index (χ1v) is 17.1. The highest BCUT2D eigenvalue weighted by molar-refractivity contribution is 6.21. The van der Waals surface area contributed by atoms with Gasteiger partial charge in [0.05, 0.1) is 5.69 Å². The Kier molecular flexibility index (Phi) is 6.53. The van der Waals surface area contributed by atoms with Crippen LogP contribution in [0.2, 0.25) is 0 Å². The largest absolute Gasteiger partial charge is 0.454 e. The molecule has 50 heavy (non-hydrogen) atoms. The first kappa shape index (κ1) is 28.4. The molecule has 0 bridgehead atoms. The van der Waals surface area contributed by atoms with Crippen molar-refractivity contribution in [2.24, 2.45) is 0 Å². The zero-order valence-electron chi connectivity index (χ0n) is 27.3. The van der Waals surface area contributed by atoms with Gasteiger partial charge in [0.1, 0.15) is 5.58 Å². The standard InChI is InChI=1S/C48H31NO/c1-3-12-32(13-4-1)34-24-28-40-36(30-34)25-29-46-47(40)43-20-11-21-45(48(43)50-46)49(37-15-5-2-6-16-37)38-26-22-33(23-27-38)44-31-35-14-7-8-17-39(35)41-18-9-10-19-42(41)44/h1-31H. The van der Waals surface area contributed by atoms with Crippen molar-refractivity contribution >= 4 is 71.3 Å². The van der Waals surface area contributed by atoms with E-state index >= 15 is 0 Å².